The maximum Gasteiger partial charge on any atom is 0.223 e. The Balaban J connectivity index is 1.01. The molecule has 1 aliphatic carbocycles. The van der Waals surface area contributed by atoms with E-state index in [2.05, 4.69) is 20.3 Å². The summed E-state index contributed by atoms with van der Waals surface area (Å²) in [6, 6.07) is 2.41. The molecule has 1 amide bonds. The van der Waals surface area contributed by atoms with Gasteiger partial charge in [0.2, 0.25) is 5.91 Å². The number of hydrogen-bond acceptors (Lipinski definition) is 7. The van der Waals surface area contributed by atoms with Crippen molar-refractivity contribution in [1.82, 2.24) is 15.4 Å². The molecule has 0 bridgehead atoms. The van der Waals surface area contributed by atoms with Gasteiger partial charge in [-0.1, -0.05) is 5.16 Å². The molecule has 3 aliphatic rings. The van der Waals surface area contributed by atoms with E-state index < -0.39 is 17.2 Å². The van der Waals surface area contributed by atoms with Gasteiger partial charge in [-0.15, -0.1) is 0 Å². The zero-order valence-corrected chi connectivity index (χ0v) is 20.7. The van der Waals surface area contributed by atoms with E-state index in [9.17, 15) is 18.7 Å². The number of nitrogens with zero attached hydrogens (tertiary/aromatic N) is 3. The molecular weight excluding hydrogens is 470 g/mol. The standard InChI is InChI=1S/C26H36F2N4O4/c27-21-15-20-23(16-22(21)28)36-30-25(20)32-11-9-31(10-12-32)8-5-18-1-3-19(4-2-18)29-24(33)17-26(34)6-13-35-14-7-26/h15-16,18-19,34H,1-14,17H2,(H,29,33)/t18-,19-. The fourth-order valence-corrected chi connectivity index (χ4v) is 5.80. The number of carbonyl (C=O) groups excluding carboxylic acids is 1. The van der Waals surface area contributed by atoms with Crippen LogP contribution >= 0.6 is 0 Å². The lowest BCUT2D eigenvalue weighted by atomic mass is 9.83. The number of nitrogens with one attached hydrogen (secondary N) is 1. The summed E-state index contributed by atoms with van der Waals surface area (Å²) in [7, 11) is 0. The second-order valence-corrected chi connectivity index (χ2v) is 10.7. The number of rotatable bonds is 7. The molecular formula is C26H36F2N4O4. The monoisotopic (exact) mass is 506 g/mol. The van der Waals surface area contributed by atoms with Crippen molar-refractivity contribution in [1.29, 1.82) is 0 Å². The molecule has 2 saturated heterocycles. The minimum atomic E-state index is -0.931. The summed E-state index contributed by atoms with van der Waals surface area (Å²) in [5.41, 5.74) is -0.657. The van der Waals surface area contributed by atoms with Gasteiger partial charge < -0.3 is 24.6 Å². The van der Waals surface area contributed by atoms with Crippen molar-refractivity contribution >= 4 is 22.7 Å². The number of ether oxygens (including phenoxy) is 1. The summed E-state index contributed by atoms with van der Waals surface area (Å²) in [4.78, 5) is 17.0. The highest BCUT2D eigenvalue weighted by molar-refractivity contribution is 5.88. The molecule has 5 rings (SSSR count). The van der Waals surface area contributed by atoms with E-state index in [4.69, 9.17) is 9.26 Å². The first kappa shape index (κ1) is 25.4. The summed E-state index contributed by atoms with van der Waals surface area (Å²) in [6.07, 6.45) is 6.54. The fourth-order valence-electron chi connectivity index (χ4n) is 5.80. The molecule has 1 saturated carbocycles. The SMILES string of the molecule is O=C(CC1(O)CCOCC1)N[C@H]1CC[C@H](CCN2CCN(c3noc4cc(F)c(F)cc34)CC2)CC1. The number of benzene rings is 1. The normalized spacial score (nSPS) is 25.2. The van der Waals surface area contributed by atoms with E-state index in [-0.39, 0.29) is 24.0 Å². The highest BCUT2D eigenvalue weighted by Gasteiger charge is 2.33. The summed E-state index contributed by atoms with van der Waals surface area (Å²) >= 11 is 0. The first-order valence-electron chi connectivity index (χ1n) is 13.2. The van der Waals surface area contributed by atoms with Crippen LogP contribution in [0.25, 0.3) is 11.0 Å². The Morgan fingerprint density at radius 1 is 1.08 bits per heavy atom. The van der Waals surface area contributed by atoms with Crippen molar-refractivity contribution < 1.29 is 27.9 Å². The number of halogens is 2. The molecule has 3 fully saturated rings. The number of amides is 1. The Labute approximate surface area is 209 Å². The zero-order chi connectivity index (χ0) is 25.1. The van der Waals surface area contributed by atoms with E-state index in [0.717, 1.165) is 77.0 Å². The third kappa shape index (κ3) is 5.98. The van der Waals surface area contributed by atoms with Crippen molar-refractivity contribution in [2.24, 2.45) is 5.92 Å². The number of aromatic nitrogens is 1. The minimum Gasteiger partial charge on any atom is -0.389 e. The van der Waals surface area contributed by atoms with E-state index in [1.54, 1.807) is 0 Å². The Kier molecular flexibility index (Phi) is 7.73. The van der Waals surface area contributed by atoms with Gasteiger partial charge in [0, 0.05) is 64.3 Å². The summed E-state index contributed by atoms with van der Waals surface area (Å²) < 4.78 is 37.7. The summed E-state index contributed by atoms with van der Waals surface area (Å²) in [6.45, 7) is 5.36. The van der Waals surface area contributed by atoms with Crippen LogP contribution in [0.5, 0.6) is 0 Å². The largest absolute Gasteiger partial charge is 0.389 e. The van der Waals surface area contributed by atoms with Gasteiger partial charge in [0.1, 0.15) is 0 Å². The van der Waals surface area contributed by atoms with Crippen LogP contribution in [-0.2, 0) is 9.53 Å². The third-order valence-corrected chi connectivity index (χ3v) is 8.14. The van der Waals surface area contributed by atoms with E-state index in [0.29, 0.717) is 43.2 Å². The lowest BCUT2D eigenvalue weighted by molar-refractivity contribution is -0.131. The van der Waals surface area contributed by atoms with Crippen LogP contribution in [0.2, 0.25) is 0 Å². The maximum absolute atomic E-state index is 13.7. The highest BCUT2D eigenvalue weighted by Crippen LogP contribution is 2.30. The number of fused-ring (bicyclic) bond motifs is 1. The van der Waals surface area contributed by atoms with Crippen LogP contribution in [0, 0.1) is 17.6 Å². The number of piperazine rings is 1. The number of carbonyl (C=O) groups is 1. The molecule has 198 valence electrons. The average Bonchev–Trinajstić information content (AvgIpc) is 3.26. The van der Waals surface area contributed by atoms with Gasteiger partial charge >= 0.3 is 0 Å². The molecule has 1 aromatic carbocycles. The van der Waals surface area contributed by atoms with Crippen LogP contribution in [-0.4, -0.2) is 78.7 Å². The van der Waals surface area contributed by atoms with Crippen molar-refractivity contribution in [2.75, 3.05) is 50.8 Å². The molecule has 0 radical (unpaired) electrons. The fraction of sp³-hybridized carbons (Fsp3) is 0.692. The number of aliphatic hydroxyl groups is 1. The van der Waals surface area contributed by atoms with Crippen molar-refractivity contribution in [3.05, 3.63) is 23.8 Å². The molecule has 3 heterocycles. The van der Waals surface area contributed by atoms with Crippen molar-refractivity contribution in [2.45, 2.75) is 63.0 Å². The van der Waals surface area contributed by atoms with Gasteiger partial charge in [0.15, 0.2) is 23.0 Å². The molecule has 0 spiro atoms. The second kappa shape index (κ2) is 11.0. The van der Waals surface area contributed by atoms with E-state index in [1.807, 2.05) is 0 Å². The molecule has 2 N–H and O–H groups in total. The van der Waals surface area contributed by atoms with Crippen LogP contribution < -0.4 is 10.2 Å². The van der Waals surface area contributed by atoms with Gasteiger partial charge in [-0.25, -0.2) is 8.78 Å². The van der Waals surface area contributed by atoms with Gasteiger partial charge in [-0.05, 0) is 50.6 Å². The molecule has 2 aliphatic heterocycles. The predicted octanol–water partition coefficient (Wildman–Crippen LogP) is 3.22. The molecule has 36 heavy (non-hydrogen) atoms. The number of hydrogen-bond donors (Lipinski definition) is 2. The molecule has 0 unspecified atom stereocenters. The third-order valence-electron chi connectivity index (χ3n) is 8.14. The van der Waals surface area contributed by atoms with Gasteiger partial charge in [-0.3, -0.25) is 9.69 Å². The van der Waals surface area contributed by atoms with Crippen LogP contribution in [0.4, 0.5) is 14.6 Å². The second-order valence-electron chi connectivity index (χ2n) is 10.7. The van der Waals surface area contributed by atoms with Crippen LogP contribution in [0.3, 0.4) is 0 Å². The van der Waals surface area contributed by atoms with Crippen LogP contribution in [0.15, 0.2) is 16.7 Å². The number of anilines is 1. The maximum atomic E-state index is 13.7. The van der Waals surface area contributed by atoms with Crippen molar-refractivity contribution in [3.63, 3.8) is 0 Å². The molecule has 1 aromatic heterocycles. The molecule has 0 atom stereocenters. The Morgan fingerprint density at radius 3 is 2.50 bits per heavy atom. The highest BCUT2D eigenvalue weighted by atomic mass is 19.2. The average molecular weight is 507 g/mol. The lowest BCUT2D eigenvalue weighted by Crippen LogP contribution is -2.47. The topological polar surface area (TPSA) is 91.1 Å². The van der Waals surface area contributed by atoms with E-state index in [1.165, 1.54) is 0 Å². The van der Waals surface area contributed by atoms with Crippen LogP contribution in [0.1, 0.15) is 51.4 Å². The lowest BCUT2D eigenvalue weighted by Gasteiger charge is -2.36. The first-order chi connectivity index (χ1) is 17.4. The van der Waals surface area contributed by atoms with E-state index >= 15 is 0 Å². The summed E-state index contributed by atoms with van der Waals surface area (Å²) in [5.74, 6) is -0.633. The predicted molar refractivity (Wildman–Crippen MR) is 131 cm³/mol. The smallest absolute Gasteiger partial charge is 0.223 e. The Morgan fingerprint density at radius 2 is 1.78 bits per heavy atom. The first-order valence-corrected chi connectivity index (χ1v) is 13.2. The Hall–Kier alpha value is -2.30. The minimum absolute atomic E-state index is 0.0477. The quantitative estimate of drug-likeness (QED) is 0.596. The zero-order valence-electron chi connectivity index (χ0n) is 20.7. The Bertz CT molecular complexity index is 1040. The van der Waals surface area contributed by atoms with Gasteiger partial charge in [0.05, 0.1) is 17.4 Å². The van der Waals surface area contributed by atoms with Gasteiger partial charge in [-0.2, -0.15) is 0 Å². The van der Waals surface area contributed by atoms with Crippen molar-refractivity contribution in [3.8, 4) is 0 Å². The molecule has 2 aromatic rings. The molecule has 10 heteroatoms. The summed E-state index contributed by atoms with van der Waals surface area (Å²) in [5, 5.41) is 18.3. The van der Waals surface area contributed by atoms with Gasteiger partial charge in [0.25, 0.3) is 0 Å². The molecule has 8 nitrogen and oxygen atoms in total.